The van der Waals surface area contributed by atoms with E-state index in [2.05, 4.69) is 21.3 Å². The third kappa shape index (κ3) is 11.4. The molecule has 14 heteroatoms. The molecule has 14 nitrogen and oxygen atoms in total. The monoisotopic (exact) mass is 655 g/mol. The Balaban J connectivity index is 2.01. The number of carboxylic acids is 1. The van der Waals surface area contributed by atoms with E-state index in [9.17, 15) is 34.2 Å². The molecule has 0 radical (unpaired) electrons. The summed E-state index contributed by atoms with van der Waals surface area (Å²) in [7, 11) is 0. The van der Waals surface area contributed by atoms with Crippen LogP contribution >= 0.6 is 0 Å². The van der Waals surface area contributed by atoms with Crippen molar-refractivity contribution in [2.24, 2.45) is 0 Å². The Labute approximate surface area is 273 Å². The van der Waals surface area contributed by atoms with Gasteiger partial charge in [-0.3, -0.25) is 9.59 Å². The molecule has 0 saturated heterocycles. The van der Waals surface area contributed by atoms with Gasteiger partial charge >= 0.3 is 18.2 Å². The van der Waals surface area contributed by atoms with Crippen LogP contribution in [0, 0.1) is 0 Å². The first kappa shape index (κ1) is 36.5. The number of carbonyl (C=O) groups is 5. The minimum Gasteiger partial charge on any atom is -0.508 e. The molecule has 4 bridgehead atoms. The summed E-state index contributed by atoms with van der Waals surface area (Å²) >= 11 is 0. The van der Waals surface area contributed by atoms with E-state index in [1.54, 1.807) is 71.9 Å². The first-order chi connectivity index (χ1) is 21.8. The van der Waals surface area contributed by atoms with Crippen LogP contribution in [0.3, 0.4) is 0 Å². The van der Waals surface area contributed by atoms with E-state index in [-0.39, 0.29) is 38.0 Å². The summed E-state index contributed by atoms with van der Waals surface area (Å²) in [6.07, 6.45) is -1.73. The number of aromatic hydroxyl groups is 1. The lowest BCUT2D eigenvalue weighted by molar-refractivity contribution is -0.142. The van der Waals surface area contributed by atoms with Gasteiger partial charge in [-0.2, -0.15) is 0 Å². The SMILES string of the molecule is CC(C)(C)OC(=O)NCCC[C@@H]1NC(=O)[C@@H](NC(=O)OC(C)(C)C)Cc2cc(ccc2O)-c2ccc(N)c(c2)C[C@@H](C(=O)O)NC1=O. The molecule has 1 aliphatic heterocycles. The molecule has 3 rings (SSSR count). The maximum Gasteiger partial charge on any atom is 0.408 e. The fraction of sp³-hybridized carbons (Fsp3) is 0.485. The number of amides is 4. The minimum atomic E-state index is -1.41. The molecular weight excluding hydrogens is 610 g/mol. The van der Waals surface area contributed by atoms with Gasteiger partial charge in [0.25, 0.3) is 0 Å². The summed E-state index contributed by atoms with van der Waals surface area (Å²) in [5.41, 5.74) is 6.97. The number of nitrogen functional groups attached to an aromatic ring is 1. The van der Waals surface area contributed by atoms with Gasteiger partial charge in [-0.05, 0) is 101 Å². The van der Waals surface area contributed by atoms with Gasteiger partial charge in [0, 0.05) is 25.1 Å². The Bertz CT molecular complexity index is 1500. The number of carboxylic acid groups (broad SMARTS) is 1. The van der Waals surface area contributed by atoms with Gasteiger partial charge in [0.05, 0.1) is 0 Å². The van der Waals surface area contributed by atoms with Crippen LogP contribution in [-0.4, -0.2) is 76.1 Å². The molecule has 4 amide bonds. The molecule has 1 aliphatic rings. The van der Waals surface area contributed by atoms with Crippen LogP contribution in [-0.2, 0) is 36.7 Å². The van der Waals surface area contributed by atoms with Gasteiger partial charge in [-0.1, -0.05) is 12.1 Å². The van der Waals surface area contributed by atoms with Crippen molar-refractivity contribution in [1.82, 2.24) is 21.3 Å². The standard InChI is InChI=1S/C33H45N5O9/c1-32(2,3)46-30(44)35-13-7-8-23-27(40)37-25(29(42)43)16-20-14-18(9-11-22(20)34)19-10-12-26(39)21(15-19)17-24(28(41)36-23)38-31(45)47-33(4,5)6/h9-12,14-15,23-25,39H,7-8,13,16-17,34H2,1-6H3,(H,35,44)(H,36,41)(H,37,40)(H,38,45)(H,42,43)/t23-,24-,25-/m0/s1. The zero-order valence-electron chi connectivity index (χ0n) is 27.6. The number of alkyl carbamates (subject to hydrolysis) is 2. The molecule has 0 unspecified atom stereocenters. The summed E-state index contributed by atoms with van der Waals surface area (Å²) in [6, 6.07) is 5.81. The quantitative estimate of drug-likeness (QED) is 0.178. The Morgan fingerprint density at radius 1 is 0.872 bits per heavy atom. The number of hydrogen-bond acceptors (Lipinski definition) is 9. The zero-order chi connectivity index (χ0) is 35.1. The topological polar surface area (TPSA) is 218 Å². The lowest BCUT2D eigenvalue weighted by atomic mass is 9.95. The molecule has 256 valence electrons. The van der Waals surface area contributed by atoms with E-state index in [0.717, 1.165) is 0 Å². The number of phenolic OH excluding ortho intramolecular Hbond substituents is 1. The maximum absolute atomic E-state index is 13.8. The molecule has 1 heterocycles. The smallest absolute Gasteiger partial charge is 0.408 e. The van der Waals surface area contributed by atoms with Gasteiger partial charge < -0.3 is 46.7 Å². The van der Waals surface area contributed by atoms with Gasteiger partial charge in [0.15, 0.2) is 0 Å². The summed E-state index contributed by atoms with van der Waals surface area (Å²) in [4.78, 5) is 64.5. The summed E-state index contributed by atoms with van der Waals surface area (Å²) in [6.45, 7) is 10.2. The first-order valence-corrected chi connectivity index (χ1v) is 15.3. The predicted octanol–water partition coefficient (Wildman–Crippen LogP) is 2.99. The molecular formula is C33H45N5O9. The van der Waals surface area contributed by atoms with Crippen molar-refractivity contribution in [2.75, 3.05) is 12.3 Å². The number of phenols is 1. The van der Waals surface area contributed by atoms with E-state index in [1.165, 1.54) is 6.07 Å². The minimum absolute atomic E-state index is 0.0166. The van der Waals surface area contributed by atoms with Crippen LogP contribution in [0.2, 0.25) is 0 Å². The van der Waals surface area contributed by atoms with E-state index in [1.807, 2.05) is 0 Å². The molecule has 47 heavy (non-hydrogen) atoms. The van der Waals surface area contributed by atoms with Crippen molar-refractivity contribution in [3.8, 4) is 16.9 Å². The van der Waals surface area contributed by atoms with Crippen LogP contribution in [0.15, 0.2) is 36.4 Å². The van der Waals surface area contributed by atoms with Crippen LogP contribution in [0.25, 0.3) is 11.1 Å². The lowest BCUT2D eigenvalue weighted by Crippen LogP contribution is -2.56. The Kier molecular flexibility index (Phi) is 11.7. The summed E-state index contributed by atoms with van der Waals surface area (Å²) in [5.74, 6) is -3.04. The van der Waals surface area contributed by atoms with Crippen LogP contribution in [0.5, 0.6) is 5.75 Å². The summed E-state index contributed by atoms with van der Waals surface area (Å²) in [5, 5.41) is 31.0. The van der Waals surface area contributed by atoms with Gasteiger partial charge in [0.2, 0.25) is 11.8 Å². The highest BCUT2D eigenvalue weighted by Crippen LogP contribution is 2.30. The third-order valence-corrected chi connectivity index (χ3v) is 7.00. The first-order valence-electron chi connectivity index (χ1n) is 15.3. The van der Waals surface area contributed by atoms with Crippen molar-refractivity contribution in [2.45, 2.75) is 96.6 Å². The van der Waals surface area contributed by atoms with Crippen molar-refractivity contribution in [3.05, 3.63) is 47.5 Å². The zero-order valence-corrected chi connectivity index (χ0v) is 27.6. The highest BCUT2D eigenvalue weighted by Gasteiger charge is 2.32. The van der Waals surface area contributed by atoms with Gasteiger partial charge in [0.1, 0.15) is 35.1 Å². The molecule has 0 aliphatic carbocycles. The van der Waals surface area contributed by atoms with Gasteiger partial charge in [-0.25, -0.2) is 14.4 Å². The van der Waals surface area contributed by atoms with E-state index >= 15 is 0 Å². The molecule has 2 aromatic rings. The summed E-state index contributed by atoms with van der Waals surface area (Å²) < 4.78 is 10.6. The molecule has 0 spiro atoms. The molecule has 2 aromatic carbocycles. The van der Waals surface area contributed by atoms with Gasteiger partial charge in [-0.15, -0.1) is 0 Å². The Morgan fingerprint density at radius 2 is 1.47 bits per heavy atom. The van der Waals surface area contributed by atoms with E-state index in [0.29, 0.717) is 27.9 Å². The average molecular weight is 656 g/mol. The second kappa shape index (κ2) is 15.1. The normalized spacial score (nSPS) is 18.8. The second-order valence-electron chi connectivity index (χ2n) is 13.4. The maximum atomic E-state index is 13.8. The highest BCUT2D eigenvalue weighted by molar-refractivity contribution is 5.93. The van der Waals surface area contributed by atoms with Crippen molar-refractivity contribution in [1.29, 1.82) is 0 Å². The Morgan fingerprint density at radius 3 is 2.09 bits per heavy atom. The molecule has 0 saturated carbocycles. The van der Waals surface area contributed by atoms with Crippen molar-refractivity contribution >= 4 is 35.7 Å². The molecule has 3 atom stereocenters. The fourth-order valence-corrected chi connectivity index (χ4v) is 4.81. The van der Waals surface area contributed by atoms with E-state index in [4.69, 9.17) is 15.2 Å². The van der Waals surface area contributed by atoms with Crippen molar-refractivity contribution in [3.63, 3.8) is 0 Å². The average Bonchev–Trinajstić information content (AvgIpc) is 2.93. The third-order valence-electron chi connectivity index (χ3n) is 7.00. The number of anilines is 1. The number of carbonyl (C=O) groups excluding carboxylic acids is 4. The van der Waals surface area contributed by atoms with Crippen LogP contribution in [0.1, 0.15) is 65.5 Å². The highest BCUT2D eigenvalue weighted by atomic mass is 16.6. The lowest BCUT2D eigenvalue weighted by Gasteiger charge is -2.26. The number of fused-ring (bicyclic) bond motifs is 5. The van der Waals surface area contributed by atoms with E-state index < -0.39 is 59.3 Å². The number of aliphatic carboxylic acids is 1. The number of hydrogen-bond donors (Lipinski definition) is 7. The van der Waals surface area contributed by atoms with Crippen LogP contribution < -0.4 is 27.0 Å². The second-order valence-corrected chi connectivity index (χ2v) is 13.4. The van der Waals surface area contributed by atoms with Crippen molar-refractivity contribution < 1.29 is 43.7 Å². The largest absolute Gasteiger partial charge is 0.508 e. The Hall–Kier alpha value is -5.01. The number of nitrogens with two attached hydrogens (primary N) is 1. The predicted molar refractivity (Wildman–Crippen MR) is 173 cm³/mol. The molecule has 0 aromatic heterocycles. The number of nitrogens with one attached hydrogen (secondary N) is 4. The number of benzene rings is 2. The molecule has 0 fully saturated rings. The fourth-order valence-electron chi connectivity index (χ4n) is 4.81. The molecule has 8 N–H and O–H groups in total. The number of rotatable bonds is 6. The number of ether oxygens (including phenoxy) is 2. The van der Waals surface area contributed by atoms with Crippen LogP contribution in [0.4, 0.5) is 15.3 Å².